The van der Waals surface area contributed by atoms with Crippen molar-refractivity contribution in [2.45, 2.75) is 19.0 Å². The number of allylic oxidation sites excluding steroid dienone is 4. The van der Waals surface area contributed by atoms with E-state index in [-0.39, 0.29) is 0 Å². The van der Waals surface area contributed by atoms with E-state index in [1.165, 1.54) is 42.9 Å². The van der Waals surface area contributed by atoms with Crippen molar-refractivity contribution in [3.05, 3.63) is 252 Å². The molecule has 4 nitrogen and oxygen atoms in total. The van der Waals surface area contributed by atoms with Crippen molar-refractivity contribution >= 4 is 57.1 Å². The summed E-state index contributed by atoms with van der Waals surface area (Å²) >= 11 is 0. The Hall–Kier alpha value is -7.60. The number of rotatable bonds is 9. The van der Waals surface area contributed by atoms with Gasteiger partial charge in [-0.3, -0.25) is 0 Å². The Morgan fingerprint density at radius 3 is 1.66 bits per heavy atom. The highest BCUT2D eigenvalue weighted by molar-refractivity contribution is 7.16. The predicted molar refractivity (Wildman–Crippen MR) is 262 cm³/mol. The minimum absolute atomic E-state index is 0.444. The number of aliphatic imine (C=N–C) groups is 2. The van der Waals surface area contributed by atoms with Gasteiger partial charge in [0.05, 0.1) is 11.0 Å². The van der Waals surface area contributed by atoms with Gasteiger partial charge in [-0.05, 0) is 75.4 Å². The third kappa shape index (κ3) is 6.64. The van der Waals surface area contributed by atoms with Gasteiger partial charge in [0.1, 0.15) is 11.7 Å². The van der Waals surface area contributed by atoms with Crippen LogP contribution in [-0.4, -0.2) is 24.3 Å². The highest BCUT2D eigenvalue weighted by Crippen LogP contribution is 2.34. The number of hydrogen-bond acceptors (Lipinski definition) is 3. The smallest absolute Gasteiger partial charge is 0.175 e. The lowest BCUT2D eigenvalue weighted by Gasteiger charge is -2.37. The lowest BCUT2D eigenvalue weighted by atomic mass is 10.0. The Morgan fingerprint density at radius 2 is 1.02 bits per heavy atom. The highest BCUT2D eigenvalue weighted by Gasteiger charge is 2.42. The number of para-hydroxylation sites is 2. The second-order valence-electron chi connectivity index (χ2n) is 16.1. The quantitative estimate of drug-likeness (QED) is 0.114. The summed E-state index contributed by atoms with van der Waals surface area (Å²) in [6.45, 7) is 0. The zero-order valence-electron chi connectivity index (χ0n) is 34.3. The molecule has 1 aliphatic carbocycles. The predicted octanol–water partition coefficient (Wildman–Crippen LogP) is 11.2. The van der Waals surface area contributed by atoms with Gasteiger partial charge in [0.25, 0.3) is 0 Å². The van der Waals surface area contributed by atoms with E-state index in [0.29, 0.717) is 0 Å². The normalized spacial score (nSPS) is 15.2. The second kappa shape index (κ2) is 16.1. The van der Waals surface area contributed by atoms with Crippen LogP contribution in [0.4, 0.5) is 0 Å². The zero-order valence-corrected chi connectivity index (χ0v) is 35.3. The van der Waals surface area contributed by atoms with Crippen molar-refractivity contribution in [1.29, 1.82) is 0 Å². The van der Waals surface area contributed by atoms with E-state index in [2.05, 4.69) is 234 Å². The van der Waals surface area contributed by atoms with Crippen LogP contribution in [-0.2, 0) is 0 Å². The van der Waals surface area contributed by atoms with Gasteiger partial charge < -0.3 is 9.88 Å². The minimum atomic E-state index is -2.55. The summed E-state index contributed by atoms with van der Waals surface area (Å²) in [6, 6.07) is 76.9. The van der Waals surface area contributed by atoms with Gasteiger partial charge in [-0.25, -0.2) is 9.98 Å². The first-order chi connectivity index (χ1) is 30.7. The number of nitrogens with one attached hydrogen (secondary N) is 1. The van der Waals surface area contributed by atoms with Crippen LogP contribution in [0.1, 0.15) is 35.7 Å². The number of nitrogens with zero attached hydrogens (tertiary/aromatic N) is 3. The van der Waals surface area contributed by atoms with Crippen LogP contribution < -0.4 is 20.9 Å². The molecule has 9 aromatic rings. The zero-order chi connectivity index (χ0) is 41.3. The van der Waals surface area contributed by atoms with Gasteiger partial charge in [0.2, 0.25) is 0 Å². The monoisotopic (exact) mass is 812 g/mol. The molecule has 2 aliphatic rings. The summed E-state index contributed by atoms with van der Waals surface area (Å²) in [6.07, 6.45) is 8.63. The number of amidine groups is 2. The van der Waals surface area contributed by atoms with Crippen LogP contribution in [0.25, 0.3) is 38.6 Å². The van der Waals surface area contributed by atoms with Gasteiger partial charge in [-0.15, -0.1) is 0 Å². The van der Waals surface area contributed by atoms with Crippen molar-refractivity contribution in [3.8, 4) is 16.8 Å². The van der Waals surface area contributed by atoms with E-state index < -0.39 is 14.2 Å². The van der Waals surface area contributed by atoms with Crippen LogP contribution >= 0.6 is 0 Å². The molecule has 0 saturated heterocycles. The van der Waals surface area contributed by atoms with E-state index >= 15 is 0 Å². The molecule has 1 aromatic heterocycles. The Balaban J connectivity index is 0.986. The molecule has 0 spiro atoms. The summed E-state index contributed by atoms with van der Waals surface area (Å²) in [4.78, 5) is 10.6. The topological polar surface area (TPSA) is 41.7 Å². The van der Waals surface area contributed by atoms with Gasteiger partial charge >= 0.3 is 0 Å². The number of hydrogen-bond donors (Lipinski definition) is 1. The molecule has 2 heterocycles. The van der Waals surface area contributed by atoms with Crippen molar-refractivity contribution < 1.29 is 0 Å². The Kier molecular flexibility index (Phi) is 9.72. The number of fused-ring (bicyclic) bond motifs is 3. The van der Waals surface area contributed by atoms with Crippen molar-refractivity contribution in [2.75, 3.05) is 0 Å². The van der Waals surface area contributed by atoms with E-state index in [1.807, 2.05) is 6.07 Å². The van der Waals surface area contributed by atoms with Crippen molar-refractivity contribution in [1.82, 2.24) is 9.88 Å². The molecule has 0 saturated carbocycles. The van der Waals surface area contributed by atoms with E-state index in [0.717, 1.165) is 52.5 Å². The lowest BCUT2D eigenvalue weighted by molar-refractivity contribution is 0.756. The molecular weight excluding hydrogens is 769 g/mol. The third-order valence-corrected chi connectivity index (χ3v) is 17.5. The maximum absolute atomic E-state index is 5.35. The fourth-order valence-electron chi connectivity index (χ4n) is 9.62. The van der Waals surface area contributed by atoms with Gasteiger partial charge in [0.15, 0.2) is 14.2 Å². The lowest BCUT2D eigenvalue weighted by Crippen LogP contribution is -2.68. The van der Waals surface area contributed by atoms with Crippen molar-refractivity contribution in [2.24, 2.45) is 9.98 Å². The van der Waals surface area contributed by atoms with Crippen LogP contribution in [0.5, 0.6) is 0 Å². The molecule has 0 fully saturated rings. The molecule has 1 unspecified atom stereocenters. The third-order valence-electron chi connectivity index (χ3n) is 12.5. The first-order valence-corrected chi connectivity index (χ1v) is 23.5. The fraction of sp³-hybridized carbons (Fsp3) is 0.0526. The summed E-state index contributed by atoms with van der Waals surface area (Å²) < 4.78 is 2.35. The Labute approximate surface area is 363 Å². The van der Waals surface area contributed by atoms with Crippen LogP contribution in [0.3, 0.4) is 0 Å². The van der Waals surface area contributed by atoms with Crippen LogP contribution in [0.2, 0.25) is 0 Å². The molecule has 0 amide bonds. The maximum atomic E-state index is 5.35. The summed E-state index contributed by atoms with van der Waals surface area (Å²) in [5.41, 5.74) is 8.79. The van der Waals surface area contributed by atoms with E-state index in [9.17, 15) is 0 Å². The Morgan fingerprint density at radius 1 is 0.468 bits per heavy atom. The number of aromatic nitrogens is 1. The summed E-state index contributed by atoms with van der Waals surface area (Å²) in [5, 5.41) is 11.9. The molecule has 0 radical (unpaired) electrons. The molecule has 296 valence electrons. The summed E-state index contributed by atoms with van der Waals surface area (Å²) in [7, 11) is -2.55. The molecule has 8 aromatic carbocycles. The van der Waals surface area contributed by atoms with Gasteiger partial charge in [0, 0.05) is 27.6 Å². The molecule has 0 bridgehead atoms. The SMILES string of the molecule is C1=CCCC([Si](c2ccccc2)(c2ccccc2)c2ccc(-c3cccc(C4N=C(c5ccccc5)NC(c5cccc(-n6c7ccccc7c7ccccc76)c5)=N4)c3)cc2)=C1. The largest absolute Gasteiger partial charge is 0.324 e. The second-order valence-corrected chi connectivity index (χ2v) is 20.0. The van der Waals surface area contributed by atoms with Gasteiger partial charge in [-0.2, -0.15) is 0 Å². The Bertz CT molecular complexity index is 3110. The standard InChI is InChI=1S/C57H44N4Si/c1-5-19-42(20-6-1)55-58-56(60-57(59-55)45-23-18-24-46(40-45)61-53-33-15-13-31-51(53)52-32-14-16-34-54(52)61)44-22-17-21-43(39-44)41-35-37-50(38-36-41)62(47-25-7-2-8-26-47,48-27-9-3-10-28-48)49-29-11-4-12-30-49/h1-11,13-29,31-40,56H,12,30H2,(H,58,59,60). The van der Waals surface area contributed by atoms with Gasteiger partial charge in [-0.1, -0.05) is 205 Å². The fourth-order valence-corrected chi connectivity index (χ4v) is 14.7. The summed E-state index contributed by atoms with van der Waals surface area (Å²) in [5.74, 6) is 1.59. The molecule has 1 N–H and O–H groups in total. The average molecular weight is 813 g/mol. The molecule has 11 rings (SSSR count). The minimum Gasteiger partial charge on any atom is -0.324 e. The van der Waals surface area contributed by atoms with Crippen molar-refractivity contribution in [3.63, 3.8) is 0 Å². The van der Waals surface area contributed by atoms with Crippen LogP contribution in [0.15, 0.2) is 246 Å². The van der Waals surface area contributed by atoms with Crippen LogP contribution in [0, 0.1) is 0 Å². The molecule has 1 atom stereocenters. The highest BCUT2D eigenvalue weighted by atomic mass is 28.3. The van der Waals surface area contributed by atoms with E-state index in [4.69, 9.17) is 9.98 Å². The molecular formula is C57H44N4Si. The van der Waals surface area contributed by atoms with E-state index in [1.54, 1.807) is 5.20 Å². The first-order valence-electron chi connectivity index (χ1n) is 21.5. The molecule has 5 heteroatoms. The average Bonchev–Trinajstić information content (AvgIpc) is 3.70. The molecule has 62 heavy (non-hydrogen) atoms. The maximum Gasteiger partial charge on any atom is 0.175 e. The molecule has 1 aliphatic heterocycles. The first kappa shape index (κ1) is 37.4. The number of benzene rings is 8.